The zero-order valence-corrected chi connectivity index (χ0v) is 10.5. The van der Waals surface area contributed by atoms with Gasteiger partial charge in [-0.25, -0.2) is 4.39 Å². The van der Waals surface area contributed by atoms with Gasteiger partial charge in [0, 0.05) is 13.0 Å². The van der Waals surface area contributed by atoms with Crippen LogP contribution < -0.4 is 16.8 Å². The van der Waals surface area contributed by atoms with Crippen LogP contribution in [0.3, 0.4) is 0 Å². The molecule has 0 aliphatic rings. The van der Waals surface area contributed by atoms with Crippen LogP contribution >= 0.6 is 0 Å². The van der Waals surface area contributed by atoms with Gasteiger partial charge in [-0.05, 0) is 6.92 Å². The van der Waals surface area contributed by atoms with E-state index >= 15 is 0 Å². The molecule has 0 fully saturated rings. The van der Waals surface area contributed by atoms with Crippen LogP contribution in [0.2, 0.25) is 0 Å². The van der Waals surface area contributed by atoms with E-state index in [2.05, 4.69) is 15.3 Å². The Morgan fingerprint density at radius 1 is 1.58 bits per heavy atom. The lowest BCUT2D eigenvalue weighted by Crippen LogP contribution is -2.44. The molecule has 0 aliphatic heterocycles. The molecule has 0 spiro atoms. The molecule has 0 saturated heterocycles. The number of alkyl halides is 1. The standard InChI is InChI=1S/C10H17FN4O4/c1-10(11,5-15-19-6-16)2-3-14-9(18)7(12)4-8(13)17/h5-7H,2-4,12H2,1H3,(H2,13,17)(H,14,18)/b15-5+. The Hall–Kier alpha value is -2.03. The Kier molecular flexibility index (Phi) is 7.27. The summed E-state index contributed by atoms with van der Waals surface area (Å²) in [7, 11) is 0. The average molecular weight is 276 g/mol. The maximum Gasteiger partial charge on any atom is 0.323 e. The first-order chi connectivity index (χ1) is 8.78. The van der Waals surface area contributed by atoms with Crippen molar-refractivity contribution in [3.05, 3.63) is 0 Å². The largest absolute Gasteiger partial charge is 0.370 e. The quantitative estimate of drug-likeness (QED) is 0.205. The van der Waals surface area contributed by atoms with Crippen LogP contribution in [0.5, 0.6) is 0 Å². The Labute approximate surface area is 109 Å². The Morgan fingerprint density at radius 3 is 2.74 bits per heavy atom. The molecular weight excluding hydrogens is 259 g/mol. The first-order valence-corrected chi connectivity index (χ1v) is 5.43. The molecule has 0 bridgehead atoms. The maximum atomic E-state index is 13.7. The first kappa shape index (κ1) is 17.0. The number of nitrogens with two attached hydrogens (primary N) is 2. The monoisotopic (exact) mass is 276 g/mol. The summed E-state index contributed by atoms with van der Waals surface area (Å²) >= 11 is 0. The normalized spacial score (nSPS) is 15.5. The molecule has 0 aliphatic carbocycles. The molecule has 8 nitrogen and oxygen atoms in total. The second kappa shape index (κ2) is 8.14. The number of hydrogen-bond acceptors (Lipinski definition) is 6. The molecule has 0 rings (SSSR count). The molecule has 0 aromatic carbocycles. The Morgan fingerprint density at radius 2 is 2.21 bits per heavy atom. The minimum atomic E-state index is -1.86. The number of rotatable bonds is 9. The smallest absolute Gasteiger partial charge is 0.323 e. The third-order valence-corrected chi connectivity index (χ3v) is 2.10. The third-order valence-electron chi connectivity index (χ3n) is 2.10. The molecule has 108 valence electrons. The van der Waals surface area contributed by atoms with Crippen molar-refractivity contribution in [1.82, 2.24) is 5.32 Å². The van der Waals surface area contributed by atoms with E-state index in [-0.39, 0.29) is 25.9 Å². The van der Waals surface area contributed by atoms with Gasteiger partial charge in [-0.2, -0.15) is 0 Å². The summed E-state index contributed by atoms with van der Waals surface area (Å²) in [5.41, 5.74) is 8.40. The van der Waals surface area contributed by atoms with Crippen LogP contribution in [0.15, 0.2) is 5.16 Å². The third kappa shape index (κ3) is 8.66. The van der Waals surface area contributed by atoms with Crippen LogP contribution in [0.4, 0.5) is 4.39 Å². The van der Waals surface area contributed by atoms with Gasteiger partial charge >= 0.3 is 6.47 Å². The van der Waals surface area contributed by atoms with Crippen molar-refractivity contribution >= 4 is 24.5 Å². The molecule has 2 amide bonds. The van der Waals surface area contributed by atoms with E-state index in [0.717, 1.165) is 6.21 Å². The molecule has 0 saturated carbocycles. The number of amides is 2. The van der Waals surface area contributed by atoms with Crippen LogP contribution in [0.25, 0.3) is 0 Å². The lowest BCUT2D eigenvalue weighted by Gasteiger charge is -2.16. The number of carbonyl (C=O) groups excluding carboxylic acids is 3. The van der Waals surface area contributed by atoms with E-state index in [1.54, 1.807) is 0 Å². The van der Waals surface area contributed by atoms with Crippen molar-refractivity contribution in [3.8, 4) is 0 Å². The number of oxime groups is 1. The number of halogens is 1. The zero-order chi connectivity index (χ0) is 14.9. The second-order valence-electron chi connectivity index (χ2n) is 4.03. The summed E-state index contributed by atoms with van der Waals surface area (Å²) in [5.74, 6) is -1.30. The maximum absolute atomic E-state index is 13.7. The highest BCUT2D eigenvalue weighted by Gasteiger charge is 2.22. The van der Waals surface area contributed by atoms with E-state index in [1.807, 2.05) is 0 Å². The fourth-order valence-electron chi connectivity index (χ4n) is 1.10. The van der Waals surface area contributed by atoms with Gasteiger partial charge in [0.2, 0.25) is 11.8 Å². The van der Waals surface area contributed by atoms with Gasteiger partial charge in [0.25, 0.3) is 0 Å². The highest BCUT2D eigenvalue weighted by molar-refractivity contribution is 5.87. The molecule has 0 heterocycles. The van der Waals surface area contributed by atoms with E-state index < -0.39 is 23.5 Å². The van der Waals surface area contributed by atoms with E-state index in [1.165, 1.54) is 6.92 Å². The number of primary amides is 1. The highest BCUT2D eigenvalue weighted by Crippen LogP contribution is 2.11. The van der Waals surface area contributed by atoms with Crippen molar-refractivity contribution < 1.29 is 23.6 Å². The minimum Gasteiger partial charge on any atom is -0.370 e. The molecule has 0 aromatic heterocycles. The summed E-state index contributed by atoms with van der Waals surface area (Å²) in [6, 6.07) is -1.06. The number of carbonyl (C=O) groups is 3. The summed E-state index contributed by atoms with van der Waals surface area (Å²) in [5, 5.41) is 5.42. The van der Waals surface area contributed by atoms with Crippen LogP contribution in [0, 0.1) is 0 Å². The predicted molar refractivity (Wildman–Crippen MR) is 64.6 cm³/mol. The average Bonchev–Trinajstić information content (AvgIpc) is 2.27. The fourth-order valence-corrected chi connectivity index (χ4v) is 1.10. The van der Waals surface area contributed by atoms with Gasteiger partial charge in [-0.15, -0.1) is 0 Å². The molecule has 0 aromatic rings. The predicted octanol–water partition coefficient (Wildman–Crippen LogP) is -1.42. The summed E-state index contributed by atoms with van der Waals surface area (Å²) in [4.78, 5) is 35.6. The first-order valence-electron chi connectivity index (χ1n) is 5.43. The number of nitrogens with zero attached hydrogens (tertiary/aromatic N) is 1. The summed E-state index contributed by atoms with van der Waals surface area (Å²) in [6.07, 6.45) is 0.415. The Bertz CT molecular complexity index is 359. The molecule has 9 heteroatoms. The fraction of sp³-hybridized carbons (Fsp3) is 0.600. The molecule has 19 heavy (non-hydrogen) atoms. The van der Waals surface area contributed by atoms with Crippen molar-refractivity contribution in [2.45, 2.75) is 31.5 Å². The zero-order valence-electron chi connectivity index (χ0n) is 10.5. The van der Waals surface area contributed by atoms with Gasteiger partial charge in [0.15, 0.2) is 0 Å². The Balaban J connectivity index is 4.04. The number of hydrogen-bond donors (Lipinski definition) is 3. The molecule has 0 radical (unpaired) electrons. The van der Waals surface area contributed by atoms with Crippen LogP contribution in [0.1, 0.15) is 19.8 Å². The summed E-state index contributed by atoms with van der Waals surface area (Å²) < 4.78 is 13.7. The molecule has 2 atom stereocenters. The van der Waals surface area contributed by atoms with E-state index in [9.17, 15) is 18.8 Å². The van der Waals surface area contributed by atoms with Gasteiger partial charge < -0.3 is 21.6 Å². The van der Waals surface area contributed by atoms with Crippen molar-refractivity contribution in [3.63, 3.8) is 0 Å². The van der Waals surface area contributed by atoms with Crippen molar-refractivity contribution in [2.75, 3.05) is 6.54 Å². The van der Waals surface area contributed by atoms with E-state index in [4.69, 9.17) is 11.5 Å². The van der Waals surface area contributed by atoms with Gasteiger partial charge in [-0.1, -0.05) is 5.16 Å². The SMILES string of the molecule is CC(F)(/C=N/OC=O)CCNC(=O)C(N)CC(N)=O. The van der Waals surface area contributed by atoms with Crippen LogP contribution in [-0.2, 0) is 19.2 Å². The summed E-state index contributed by atoms with van der Waals surface area (Å²) in [6.45, 7) is 1.22. The molecular formula is C10H17FN4O4. The highest BCUT2D eigenvalue weighted by atomic mass is 19.1. The second-order valence-corrected chi connectivity index (χ2v) is 4.03. The lowest BCUT2D eigenvalue weighted by molar-refractivity contribution is -0.128. The molecule has 2 unspecified atom stereocenters. The van der Waals surface area contributed by atoms with Gasteiger partial charge in [0.05, 0.1) is 18.7 Å². The number of nitrogens with one attached hydrogen (secondary N) is 1. The van der Waals surface area contributed by atoms with Crippen molar-refractivity contribution in [2.24, 2.45) is 16.6 Å². The van der Waals surface area contributed by atoms with E-state index in [0.29, 0.717) is 0 Å². The topological polar surface area (TPSA) is 137 Å². The molecule has 5 N–H and O–H groups in total. The van der Waals surface area contributed by atoms with Crippen molar-refractivity contribution in [1.29, 1.82) is 0 Å². The minimum absolute atomic E-state index is 0.0224. The van der Waals surface area contributed by atoms with Crippen LogP contribution in [-0.4, -0.2) is 42.8 Å². The van der Waals surface area contributed by atoms with Gasteiger partial charge in [0.1, 0.15) is 5.67 Å². The van der Waals surface area contributed by atoms with Gasteiger partial charge in [-0.3, -0.25) is 14.4 Å². The lowest BCUT2D eigenvalue weighted by atomic mass is 10.1.